The van der Waals surface area contributed by atoms with Crippen LogP contribution in [-0.4, -0.2) is 23.4 Å². The molecule has 2 aromatic carbocycles. The van der Waals surface area contributed by atoms with Crippen LogP contribution in [0, 0.1) is 5.82 Å². The number of nitrogens with zero attached hydrogens (tertiary/aromatic N) is 1. The summed E-state index contributed by atoms with van der Waals surface area (Å²) in [5.41, 5.74) is 1.42. The summed E-state index contributed by atoms with van der Waals surface area (Å²) < 4.78 is 68.8. The van der Waals surface area contributed by atoms with Crippen molar-refractivity contribution in [2.75, 3.05) is 15.6 Å². The monoisotopic (exact) mass is 486 g/mol. The first-order valence-electron chi connectivity index (χ1n) is 8.86. The van der Waals surface area contributed by atoms with Gasteiger partial charge in [0.25, 0.3) is 20.0 Å². The zero-order valence-electron chi connectivity index (χ0n) is 15.4. The van der Waals surface area contributed by atoms with Crippen molar-refractivity contribution in [2.45, 2.75) is 21.9 Å². The first-order valence-corrected chi connectivity index (χ1v) is 13.0. The number of thiophene rings is 1. The van der Waals surface area contributed by atoms with E-state index in [-0.39, 0.29) is 21.3 Å². The Bertz CT molecular complexity index is 1310. The van der Waals surface area contributed by atoms with E-state index in [1.807, 2.05) is 0 Å². The number of fused-ring (bicyclic) bond motifs is 1. The Labute approximate surface area is 183 Å². The van der Waals surface area contributed by atoms with E-state index < -0.39 is 25.9 Å². The highest BCUT2D eigenvalue weighted by Crippen LogP contribution is 2.35. The van der Waals surface area contributed by atoms with Gasteiger partial charge in [0.1, 0.15) is 10.0 Å². The molecule has 158 valence electrons. The third-order valence-corrected chi connectivity index (χ3v) is 9.56. The Hall–Kier alpha value is -2.14. The first kappa shape index (κ1) is 21.1. The molecule has 6 nitrogen and oxygen atoms in total. The van der Waals surface area contributed by atoms with Gasteiger partial charge >= 0.3 is 0 Å². The number of benzene rings is 2. The van der Waals surface area contributed by atoms with Gasteiger partial charge in [-0.2, -0.15) is 0 Å². The molecule has 1 aliphatic rings. The molecule has 0 atom stereocenters. The van der Waals surface area contributed by atoms with E-state index in [2.05, 4.69) is 4.72 Å². The third-order valence-electron chi connectivity index (χ3n) is 4.63. The minimum atomic E-state index is -3.93. The predicted molar refractivity (Wildman–Crippen MR) is 116 cm³/mol. The summed E-state index contributed by atoms with van der Waals surface area (Å²) in [7, 11) is -7.78. The van der Waals surface area contributed by atoms with E-state index in [0.717, 1.165) is 29.0 Å². The highest BCUT2D eigenvalue weighted by atomic mass is 35.5. The molecular weight excluding hydrogens is 471 g/mol. The van der Waals surface area contributed by atoms with Crippen molar-refractivity contribution in [3.05, 3.63) is 70.3 Å². The van der Waals surface area contributed by atoms with E-state index in [1.54, 1.807) is 12.1 Å². The van der Waals surface area contributed by atoms with Gasteiger partial charge in [0.15, 0.2) is 0 Å². The fraction of sp³-hybridized carbons (Fsp3) is 0.158. The van der Waals surface area contributed by atoms with E-state index >= 15 is 0 Å². The second-order valence-electron chi connectivity index (χ2n) is 6.64. The number of halogens is 2. The molecule has 0 saturated heterocycles. The zero-order valence-corrected chi connectivity index (χ0v) is 18.6. The standard InChI is InChI=1S/C19H16ClFN2O4S3/c20-18-9-10-19(28-18)29(24,25)22-15-6-3-13-2-1-11-23(17(13)12-15)30(26,27)16-7-4-14(21)5-8-16/h3-10,12,22H,1-2,11H2. The molecule has 30 heavy (non-hydrogen) atoms. The molecule has 1 aromatic heterocycles. The van der Waals surface area contributed by atoms with Crippen molar-refractivity contribution in [3.63, 3.8) is 0 Å². The molecule has 11 heteroatoms. The average Bonchev–Trinajstić information content (AvgIpc) is 3.15. The molecule has 3 aromatic rings. The number of hydrogen-bond donors (Lipinski definition) is 1. The van der Waals surface area contributed by atoms with Crippen molar-refractivity contribution in [1.29, 1.82) is 0 Å². The Balaban J connectivity index is 1.70. The predicted octanol–water partition coefficient (Wildman–Crippen LogP) is 4.48. The van der Waals surface area contributed by atoms with Crippen molar-refractivity contribution < 1.29 is 21.2 Å². The van der Waals surface area contributed by atoms with Gasteiger partial charge in [-0.15, -0.1) is 11.3 Å². The van der Waals surface area contributed by atoms with Gasteiger partial charge < -0.3 is 0 Å². The van der Waals surface area contributed by atoms with Gasteiger partial charge in [-0.1, -0.05) is 17.7 Å². The summed E-state index contributed by atoms with van der Waals surface area (Å²) in [6.07, 6.45) is 1.28. The van der Waals surface area contributed by atoms with Gasteiger partial charge in [-0.25, -0.2) is 21.2 Å². The van der Waals surface area contributed by atoms with Crippen LogP contribution in [0.25, 0.3) is 0 Å². The lowest BCUT2D eigenvalue weighted by Crippen LogP contribution is -2.35. The largest absolute Gasteiger partial charge is 0.279 e. The Morgan fingerprint density at radius 1 is 1.00 bits per heavy atom. The maximum atomic E-state index is 13.2. The van der Waals surface area contributed by atoms with Crippen molar-refractivity contribution in [2.24, 2.45) is 0 Å². The van der Waals surface area contributed by atoms with Gasteiger partial charge in [-0.05, 0) is 66.9 Å². The Morgan fingerprint density at radius 3 is 2.40 bits per heavy atom. The second-order valence-corrected chi connectivity index (χ2v) is 12.1. The van der Waals surface area contributed by atoms with Crippen LogP contribution in [0.2, 0.25) is 4.34 Å². The van der Waals surface area contributed by atoms with E-state index in [0.29, 0.717) is 22.9 Å². The fourth-order valence-electron chi connectivity index (χ4n) is 3.24. The molecule has 1 aliphatic heterocycles. The number of sulfonamides is 2. The molecule has 4 rings (SSSR count). The zero-order chi connectivity index (χ0) is 21.5. The number of nitrogens with one attached hydrogen (secondary N) is 1. The summed E-state index contributed by atoms with van der Waals surface area (Å²) in [6, 6.07) is 12.3. The molecular formula is C19H16ClFN2O4S3. The number of rotatable bonds is 5. The van der Waals surface area contributed by atoms with E-state index in [1.165, 1.54) is 34.6 Å². The molecule has 0 fully saturated rings. The van der Waals surface area contributed by atoms with E-state index in [9.17, 15) is 21.2 Å². The topological polar surface area (TPSA) is 83.6 Å². The van der Waals surface area contributed by atoms with Gasteiger partial charge in [-0.3, -0.25) is 9.03 Å². The van der Waals surface area contributed by atoms with Crippen LogP contribution < -0.4 is 9.03 Å². The van der Waals surface area contributed by atoms with Gasteiger partial charge in [0.2, 0.25) is 0 Å². The molecule has 0 radical (unpaired) electrons. The lowest BCUT2D eigenvalue weighted by atomic mass is 10.0. The number of aryl methyl sites for hydroxylation is 1. The Kier molecular flexibility index (Phi) is 5.52. The summed E-state index contributed by atoms with van der Waals surface area (Å²) in [6.45, 7) is 0.240. The number of anilines is 2. The smallest absolute Gasteiger partial charge is 0.271 e. The second kappa shape index (κ2) is 7.84. The van der Waals surface area contributed by atoms with Crippen LogP contribution in [-0.2, 0) is 26.5 Å². The molecule has 0 saturated carbocycles. The highest BCUT2D eigenvalue weighted by molar-refractivity contribution is 7.94. The maximum Gasteiger partial charge on any atom is 0.271 e. The van der Waals surface area contributed by atoms with Crippen LogP contribution in [0.1, 0.15) is 12.0 Å². The molecule has 0 bridgehead atoms. The minimum absolute atomic E-state index is 0.0315. The van der Waals surface area contributed by atoms with Crippen molar-refractivity contribution in [1.82, 2.24) is 0 Å². The first-order chi connectivity index (χ1) is 14.2. The van der Waals surface area contributed by atoms with Crippen LogP contribution in [0.5, 0.6) is 0 Å². The van der Waals surface area contributed by atoms with Gasteiger partial charge in [0.05, 0.1) is 20.6 Å². The summed E-state index contributed by atoms with van der Waals surface area (Å²) in [5.74, 6) is -0.529. The minimum Gasteiger partial charge on any atom is -0.279 e. The van der Waals surface area contributed by atoms with E-state index in [4.69, 9.17) is 11.6 Å². The van der Waals surface area contributed by atoms with Crippen LogP contribution >= 0.6 is 22.9 Å². The lowest BCUT2D eigenvalue weighted by molar-refractivity contribution is 0.585. The normalized spacial score (nSPS) is 14.4. The third kappa shape index (κ3) is 4.04. The van der Waals surface area contributed by atoms with Crippen molar-refractivity contribution >= 4 is 54.4 Å². The molecule has 0 aliphatic carbocycles. The molecule has 0 spiro atoms. The van der Waals surface area contributed by atoms with Crippen LogP contribution in [0.4, 0.5) is 15.8 Å². The molecule has 2 heterocycles. The maximum absolute atomic E-state index is 13.2. The summed E-state index contributed by atoms with van der Waals surface area (Å²) in [5, 5.41) is 0. The molecule has 0 unspecified atom stereocenters. The summed E-state index contributed by atoms with van der Waals surface area (Å²) in [4.78, 5) is -0.0315. The summed E-state index contributed by atoms with van der Waals surface area (Å²) >= 11 is 6.76. The SMILES string of the molecule is O=S(=O)(Nc1ccc2c(c1)N(S(=O)(=O)c1ccc(F)cc1)CCC2)c1ccc(Cl)s1. The lowest BCUT2D eigenvalue weighted by Gasteiger charge is -2.31. The quantitative estimate of drug-likeness (QED) is 0.576. The molecule has 1 N–H and O–H groups in total. The van der Waals surface area contributed by atoms with Crippen LogP contribution in [0.3, 0.4) is 0 Å². The Morgan fingerprint density at radius 2 is 1.73 bits per heavy atom. The average molecular weight is 487 g/mol. The fourth-order valence-corrected chi connectivity index (χ4v) is 7.30. The highest BCUT2D eigenvalue weighted by Gasteiger charge is 2.30. The number of hydrogen-bond acceptors (Lipinski definition) is 5. The van der Waals surface area contributed by atoms with Crippen LogP contribution in [0.15, 0.2) is 63.7 Å². The van der Waals surface area contributed by atoms with Crippen molar-refractivity contribution in [3.8, 4) is 0 Å². The molecule has 0 amide bonds. The van der Waals surface area contributed by atoms with Gasteiger partial charge in [0, 0.05) is 6.54 Å².